The van der Waals surface area contributed by atoms with Crippen LogP contribution in [0.25, 0.3) is 0 Å². The van der Waals surface area contributed by atoms with Gasteiger partial charge >= 0.3 is 0 Å². The quantitative estimate of drug-likeness (QED) is 0.841. The third-order valence-corrected chi connectivity index (χ3v) is 3.64. The van der Waals surface area contributed by atoms with Gasteiger partial charge in [-0.1, -0.05) is 12.1 Å². The number of benzene rings is 1. The topological polar surface area (TPSA) is 32.7 Å². The van der Waals surface area contributed by atoms with Crippen LogP contribution in [-0.2, 0) is 13.0 Å². The van der Waals surface area contributed by atoms with E-state index in [1.54, 1.807) is 0 Å². The summed E-state index contributed by atoms with van der Waals surface area (Å²) in [7, 11) is 0. The Morgan fingerprint density at radius 3 is 3.24 bits per heavy atom. The molecule has 1 N–H and O–H groups in total. The standard InChI is InChI=1S/C14H19NO2/c16-13-2-1-6-15(10-13)9-11-3-4-14-12(8-11)5-7-17-14/h3-4,8,13,16H,1-2,5-7,9-10H2/t13-/m1/s1. The molecule has 0 unspecified atom stereocenters. The first kappa shape index (κ1) is 11.1. The molecule has 0 radical (unpaired) electrons. The third-order valence-electron chi connectivity index (χ3n) is 3.64. The lowest BCUT2D eigenvalue weighted by atomic mass is 10.1. The Hall–Kier alpha value is -1.06. The molecule has 1 aromatic carbocycles. The van der Waals surface area contributed by atoms with Crippen LogP contribution in [0.3, 0.4) is 0 Å². The predicted octanol–water partition coefficient (Wildman–Crippen LogP) is 1.58. The molecule has 1 saturated heterocycles. The minimum absolute atomic E-state index is 0.137. The lowest BCUT2D eigenvalue weighted by Crippen LogP contribution is -2.37. The van der Waals surface area contributed by atoms with Crippen LogP contribution >= 0.6 is 0 Å². The van der Waals surface area contributed by atoms with E-state index in [9.17, 15) is 5.11 Å². The Labute approximate surface area is 102 Å². The van der Waals surface area contributed by atoms with E-state index < -0.39 is 0 Å². The van der Waals surface area contributed by atoms with E-state index in [4.69, 9.17) is 4.74 Å². The van der Waals surface area contributed by atoms with E-state index in [0.717, 1.165) is 51.3 Å². The molecule has 3 rings (SSSR count). The van der Waals surface area contributed by atoms with Gasteiger partial charge in [0.05, 0.1) is 12.7 Å². The first-order valence-corrected chi connectivity index (χ1v) is 6.46. The zero-order chi connectivity index (χ0) is 11.7. The Bertz CT molecular complexity index is 405. The molecule has 2 aliphatic rings. The van der Waals surface area contributed by atoms with E-state index >= 15 is 0 Å². The van der Waals surface area contributed by atoms with Gasteiger partial charge in [0.2, 0.25) is 0 Å². The molecule has 2 aliphatic heterocycles. The molecule has 1 fully saturated rings. The fourth-order valence-corrected chi connectivity index (χ4v) is 2.77. The normalized spacial score (nSPS) is 24.4. The van der Waals surface area contributed by atoms with Crippen LogP contribution in [0, 0.1) is 0 Å². The second kappa shape index (κ2) is 4.67. The molecule has 0 saturated carbocycles. The minimum Gasteiger partial charge on any atom is -0.493 e. The first-order chi connectivity index (χ1) is 8.31. The van der Waals surface area contributed by atoms with Crippen molar-refractivity contribution in [3.05, 3.63) is 29.3 Å². The highest BCUT2D eigenvalue weighted by molar-refractivity contribution is 5.39. The molecule has 92 valence electrons. The van der Waals surface area contributed by atoms with Crippen molar-refractivity contribution in [3.63, 3.8) is 0 Å². The zero-order valence-corrected chi connectivity index (χ0v) is 10.1. The summed E-state index contributed by atoms with van der Waals surface area (Å²) in [4.78, 5) is 2.34. The van der Waals surface area contributed by atoms with Gasteiger partial charge in [-0.25, -0.2) is 0 Å². The van der Waals surface area contributed by atoms with Crippen molar-refractivity contribution in [2.75, 3.05) is 19.7 Å². The van der Waals surface area contributed by atoms with Crippen molar-refractivity contribution in [2.45, 2.75) is 31.9 Å². The van der Waals surface area contributed by atoms with Gasteiger partial charge in [-0.15, -0.1) is 0 Å². The summed E-state index contributed by atoms with van der Waals surface area (Å²) in [6.07, 6.45) is 2.96. The Morgan fingerprint density at radius 1 is 1.41 bits per heavy atom. The molecule has 0 aliphatic carbocycles. The van der Waals surface area contributed by atoms with Crippen molar-refractivity contribution in [1.82, 2.24) is 4.90 Å². The van der Waals surface area contributed by atoms with E-state index in [-0.39, 0.29) is 6.10 Å². The van der Waals surface area contributed by atoms with Gasteiger partial charge < -0.3 is 9.84 Å². The molecule has 0 aromatic heterocycles. The SMILES string of the molecule is O[C@@H]1CCCN(Cc2ccc3c(c2)CCO3)C1. The molecule has 1 atom stereocenters. The second-order valence-electron chi connectivity index (χ2n) is 5.07. The van der Waals surface area contributed by atoms with Crippen LogP contribution in [-0.4, -0.2) is 35.8 Å². The number of aliphatic hydroxyl groups excluding tert-OH is 1. The zero-order valence-electron chi connectivity index (χ0n) is 10.1. The maximum atomic E-state index is 9.65. The van der Waals surface area contributed by atoms with Crippen LogP contribution in [0.15, 0.2) is 18.2 Å². The third kappa shape index (κ3) is 2.45. The summed E-state index contributed by atoms with van der Waals surface area (Å²) in [5, 5.41) is 9.65. The molecule has 3 heteroatoms. The molecule has 3 nitrogen and oxygen atoms in total. The van der Waals surface area contributed by atoms with Crippen LogP contribution in [0.4, 0.5) is 0 Å². The number of β-amino-alcohol motifs (C(OH)–C–C–N with tert-alkyl or cyclic N) is 1. The monoisotopic (exact) mass is 233 g/mol. The largest absolute Gasteiger partial charge is 0.493 e. The summed E-state index contributed by atoms with van der Waals surface area (Å²) in [5.41, 5.74) is 2.67. The van der Waals surface area contributed by atoms with Gasteiger partial charge in [-0.2, -0.15) is 0 Å². The van der Waals surface area contributed by atoms with Crippen LogP contribution in [0.5, 0.6) is 5.75 Å². The van der Waals surface area contributed by atoms with E-state index in [1.807, 2.05) is 0 Å². The smallest absolute Gasteiger partial charge is 0.122 e. The highest BCUT2D eigenvalue weighted by Crippen LogP contribution is 2.26. The maximum Gasteiger partial charge on any atom is 0.122 e. The molecule has 1 aromatic rings. The summed E-state index contributed by atoms with van der Waals surface area (Å²) in [6.45, 7) is 3.68. The van der Waals surface area contributed by atoms with Gasteiger partial charge in [0.1, 0.15) is 5.75 Å². The fraction of sp³-hybridized carbons (Fsp3) is 0.571. The molecule has 17 heavy (non-hydrogen) atoms. The number of fused-ring (bicyclic) bond motifs is 1. The Balaban J connectivity index is 1.68. The van der Waals surface area contributed by atoms with Crippen molar-refractivity contribution in [2.24, 2.45) is 0 Å². The van der Waals surface area contributed by atoms with E-state index in [0.29, 0.717) is 0 Å². The van der Waals surface area contributed by atoms with Crippen LogP contribution < -0.4 is 4.74 Å². The lowest BCUT2D eigenvalue weighted by molar-refractivity contribution is 0.0668. The number of ether oxygens (including phenoxy) is 1. The van der Waals surface area contributed by atoms with Crippen LogP contribution in [0.1, 0.15) is 24.0 Å². The summed E-state index contributed by atoms with van der Waals surface area (Å²) in [6, 6.07) is 6.48. The molecule has 0 spiro atoms. The number of piperidine rings is 1. The second-order valence-corrected chi connectivity index (χ2v) is 5.07. The number of hydrogen-bond acceptors (Lipinski definition) is 3. The average Bonchev–Trinajstić information content (AvgIpc) is 2.76. The van der Waals surface area contributed by atoms with Crippen molar-refractivity contribution in [3.8, 4) is 5.75 Å². The minimum atomic E-state index is -0.137. The molecule has 2 heterocycles. The van der Waals surface area contributed by atoms with Gasteiger partial charge in [0.15, 0.2) is 0 Å². The van der Waals surface area contributed by atoms with Gasteiger partial charge in [-0.05, 0) is 36.6 Å². The molecule has 0 amide bonds. The van der Waals surface area contributed by atoms with Crippen LogP contribution in [0.2, 0.25) is 0 Å². The number of aliphatic hydroxyl groups is 1. The molecular weight excluding hydrogens is 214 g/mol. The van der Waals surface area contributed by atoms with E-state index in [2.05, 4.69) is 23.1 Å². The number of hydrogen-bond donors (Lipinski definition) is 1. The lowest BCUT2D eigenvalue weighted by Gasteiger charge is -2.30. The molecular formula is C14H19NO2. The van der Waals surface area contributed by atoms with Gasteiger partial charge in [0, 0.05) is 19.5 Å². The highest BCUT2D eigenvalue weighted by atomic mass is 16.5. The maximum absolute atomic E-state index is 9.65. The van der Waals surface area contributed by atoms with E-state index in [1.165, 1.54) is 11.1 Å². The number of rotatable bonds is 2. The number of nitrogens with zero attached hydrogens (tertiary/aromatic N) is 1. The van der Waals surface area contributed by atoms with Crippen molar-refractivity contribution < 1.29 is 9.84 Å². The number of likely N-dealkylation sites (tertiary alicyclic amines) is 1. The summed E-state index contributed by atoms with van der Waals surface area (Å²) < 4.78 is 5.51. The molecule has 0 bridgehead atoms. The highest BCUT2D eigenvalue weighted by Gasteiger charge is 2.18. The average molecular weight is 233 g/mol. The van der Waals surface area contributed by atoms with Crippen molar-refractivity contribution in [1.29, 1.82) is 0 Å². The summed E-state index contributed by atoms with van der Waals surface area (Å²) in [5.74, 6) is 1.05. The predicted molar refractivity (Wildman–Crippen MR) is 66.2 cm³/mol. The first-order valence-electron chi connectivity index (χ1n) is 6.46. The Morgan fingerprint density at radius 2 is 2.35 bits per heavy atom. The van der Waals surface area contributed by atoms with Gasteiger partial charge in [-0.3, -0.25) is 4.90 Å². The Kier molecular flexibility index (Phi) is 3.04. The fourth-order valence-electron chi connectivity index (χ4n) is 2.77. The van der Waals surface area contributed by atoms with Gasteiger partial charge in [0.25, 0.3) is 0 Å². The summed E-state index contributed by atoms with van der Waals surface area (Å²) >= 11 is 0. The van der Waals surface area contributed by atoms with Crippen molar-refractivity contribution >= 4 is 0 Å².